The van der Waals surface area contributed by atoms with Crippen LogP contribution >= 0.6 is 11.6 Å². The summed E-state index contributed by atoms with van der Waals surface area (Å²) >= 11 is 6.22. The third-order valence-corrected chi connectivity index (χ3v) is 4.09. The second-order valence-corrected chi connectivity index (χ2v) is 5.56. The Morgan fingerprint density at radius 1 is 1.29 bits per heavy atom. The first-order valence-corrected chi connectivity index (χ1v) is 5.46. The van der Waals surface area contributed by atoms with E-state index in [0.29, 0.717) is 5.41 Å². The summed E-state index contributed by atoms with van der Waals surface area (Å²) in [5, 5.41) is 0.914. The summed E-state index contributed by atoms with van der Waals surface area (Å²) in [5.74, 6) is 0. The fourth-order valence-electron chi connectivity index (χ4n) is 3.20. The third-order valence-electron chi connectivity index (χ3n) is 3.76. The minimum Gasteiger partial charge on any atom is -0.325 e. The van der Waals surface area contributed by atoms with E-state index in [9.17, 15) is 0 Å². The number of benzene rings is 1. The van der Waals surface area contributed by atoms with Crippen LogP contribution < -0.4 is 5.73 Å². The molecule has 3 aliphatic rings. The van der Waals surface area contributed by atoms with Gasteiger partial charge >= 0.3 is 0 Å². The minimum absolute atomic E-state index is 0.160. The summed E-state index contributed by atoms with van der Waals surface area (Å²) in [7, 11) is 0. The van der Waals surface area contributed by atoms with Crippen LogP contribution in [0.5, 0.6) is 0 Å². The highest BCUT2D eigenvalue weighted by Gasteiger charge is 2.66. The van der Waals surface area contributed by atoms with Crippen LogP contribution in [0, 0.1) is 6.92 Å². The molecule has 0 unspecified atom stereocenters. The van der Waals surface area contributed by atoms with E-state index in [-0.39, 0.29) is 5.54 Å². The van der Waals surface area contributed by atoms with Crippen molar-refractivity contribution in [3.63, 3.8) is 0 Å². The molecule has 3 fully saturated rings. The van der Waals surface area contributed by atoms with Gasteiger partial charge < -0.3 is 5.73 Å². The van der Waals surface area contributed by atoms with E-state index in [1.165, 1.54) is 11.1 Å². The van der Waals surface area contributed by atoms with Gasteiger partial charge in [0.25, 0.3) is 0 Å². The summed E-state index contributed by atoms with van der Waals surface area (Å²) in [6.07, 6.45) is 3.38. The van der Waals surface area contributed by atoms with Gasteiger partial charge in [-0.1, -0.05) is 29.3 Å². The number of halogens is 1. The predicted molar refractivity (Wildman–Crippen MR) is 58.6 cm³/mol. The SMILES string of the molecule is Cc1ccc(Cl)c(C23CC(N)(C2)C3)c1. The number of hydrogen-bond acceptors (Lipinski definition) is 1. The van der Waals surface area contributed by atoms with E-state index in [4.69, 9.17) is 17.3 Å². The summed E-state index contributed by atoms with van der Waals surface area (Å²) in [6, 6.07) is 6.30. The van der Waals surface area contributed by atoms with Crippen LogP contribution in [0.1, 0.15) is 30.4 Å². The largest absolute Gasteiger partial charge is 0.325 e. The summed E-state index contributed by atoms with van der Waals surface area (Å²) < 4.78 is 0. The molecule has 3 aliphatic carbocycles. The normalized spacial score (nSPS) is 38.8. The number of rotatable bonds is 1. The molecule has 4 rings (SSSR count). The molecule has 3 saturated carbocycles. The van der Waals surface area contributed by atoms with Crippen LogP contribution in [0.15, 0.2) is 18.2 Å². The summed E-state index contributed by atoms with van der Waals surface area (Å²) in [5.41, 5.74) is 9.18. The molecule has 0 amide bonds. The maximum absolute atomic E-state index is 6.22. The smallest absolute Gasteiger partial charge is 0.0443 e. The summed E-state index contributed by atoms with van der Waals surface area (Å²) in [6.45, 7) is 2.11. The second-order valence-electron chi connectivity index (χ2n) is 5.16. The Hall–Kier alpha value is -0.530. The van der Waals surface area contributed by atoms with Gasteiger partial charge in [-0.05, 0) is 37.8 Å². The fraction of sp³-hybridized carbons (Fsp3) is 0.500. The molecule has 1 aromatic rings. The van der Waals surface area contributed by atoms with Gasteiger partial charge in [0.1, 0.15) is 0 Å². The zero-order valence-electron chi connectivity index (χ0n) is 8.31. The van der Waals surface area contributed by atoms with Crippen molar-refractivity contribution in [1.29, 1.82) is 0 Å². The molecular formula is C12H14ClN. The molecule has 14 heavy (non-hydrogen) atoms. The lowest BCUT2D eigenvalue weighted by Gasteiger charge is -2.69. The van der Waals surface area contributed by atoms with E-state index in [1.807, 2.05) is 6.07 Å². The highest BCUT2D eigenvalue weighted by atomic mass is 35.5. The number of hydrogen-bond donors (Lipinski definition) is 1. The van der Waals surface area contributed by atoms with Gasteiger partial charge in [-0.25, -0.2) is 0 Å². The predicted octanol–water partition coefficient (Wildman–Crippen LogP) is 2.78. The molecule has 0 aliphatic heterocycles. The van der Waals surface area contributed by atoms with E-state index in [1.54, 1.807) is 0 Å². The molecule has 2 bridgehead atoms. The zero-order chi connectivity index (χ0) is 9.97. The lowest BCUT2D eigenvalue weighted by Crippen LogP contribution is -2.74. The Balaban J connectivity index is 2.01. The maximum Gasteiger partial charge on any atom is 0.0443 e. The maximum atomic E-state index is 6.22. The first-order valence-electron chi connectivity index (χ1n) is 5.09. The van der Waals surface area contributed by atoms with Gasteiger partial charge in [0.2, 0.25) is 0 Å². The first-order chi connectivity index (χ1) is 6.53. The average Bonchev–Trinajstić information content (AvgIpc) is 2.02. The Morgan fingerprint density at radius 3 is 2.50 bits per heavy atom. The molecule has 2 heteroatoms. The van der Waals surface area contributed by atoms with Gasteiger partial charge in [0.15, 0.2) is 0 Å². The molecule has 1 nitrogen and oxygen atoms in total. The molecule has 0 heterocycles. The Morgan fingerprint density at radius 2 is 1.93 bits per heavy atom. The number of nitrogens with two attached hydrogens (primary N) is 1. The molecule has 0 spiro atoms. The van der Waals surface area contributed by atoms with Crippen LogP contribution in [0.4, 0.5) is 0 Å². The Labute approximate surface area is 89.3 Å². The number of aryl methyl sites for hydroxylation is 1. The van der Waals surface area contributed by atoms with Crippen molar-refractivity contribution < 1.29 is 0 Å². The molecule has 0 radical (unpaired) electrons. The monoisotopic (exact) mass is 207 g/mol. The highest BCUT2D eigenvalue weighted by molar-refractivity contribution is 6.31. The molecule has 74 valence electrons. The second kappa shape index (κ2) is 2.34. The van der Waals surface area contributed by atoms with Gasteiger partial charge in [0.05, 0.1) is 0 Å². The first kappa shape index (κ1) is 8.75. The van der Waals surface area contributed by atoms with Crippen molar-refractivity contribution in [2.24, 2.45) is 5.73 Å². The van der Waals surface area contributed by atoms with E-state index < -0.39 is 0 Å². The van der Waals surface area contributed by atoms with Gasteiger partial charge in [0, 0.05) is 16.0 Å². The molecule has 0 aromatic heterocycles. The standard InChI is InChI=1S/C12H14ClN/c1-8-2-3-10(13)9(4-8)11-5-12(14,6-11)7-11/h2-4H,5-7,14H2,1H3. The van der Waals surface area contributed by atoms with Crippen LogP contribution in [0.25, 0.3) is 0 Å². The van der Waals surface area contributed by atoms with Crippen LogP contribution in [0.3, 0.4) is 0 Å². The summed E-state index contributed by atoms with van der Waals surface area (Å²) in [4.78, 5) is 0. The van der Waals surface area contributed by atoms with Crippen molar-refractivity contribution in [2.75, 3.05) is 0 Å². The topological polar surface area (TPSA) is 26.0 Å². The van der Waals surface area contributed by atoms with Crippen molar-refractivity contribution in [2.45, 2.75) is 37.1 Å². The van der Waals surface area contributed by atoms with Crippen molar-refractivity contribution in [3.8, 4) is 0 Å². The quantitative estimate of drug-likeness (QED) is 0.753. The van der Waals surface area contributed by atoms with E-state index in [2.05, 4.69) is 19.1 Å². The van der Waals surface area contributed by atoms with Gasteiger partial charge in [-0.3, -0.25) is 0 Å². The molecule has 0 saturated heterocycles. The molecule has 2 N–H and O–H groups in total. The third kappa shape index (κ3) is 0.945. The Bertz CT molecular complexity index is 391. The highest BCUT2D eigenvalue weighted by Crippen LogP contribution is 2.67. The lowest BCUT2D eigenvalue weighted by atomic mass is 9.38. The van der Waals surface area contributed by atoms with Crippen LogP contribution in [-0.4, -0.2) is 5.54 Å². The van der Waals surface area contributed by atoms with Gasteiger partial charge in [-0.15, -0.1) is 0 Å². The van der Waals surface area contributed by atoms with Crippen molar-refractivity contribution >= 4 is 11.6 Å². The fourth-order valence-corrected chi connectivity index (χ4v) is 3.52. The van der Waals surface area contributed by atoms with Crippen molar-refractivity contribution in [1.82, 2.24) is 0 Å². The molecule has 0 atom stereocenters. The van der Waals surface area contributed by atoms with Crippen LogP contribution in [0.2, 0.25) is 5.02 Å². The van der Waals surface area contributed by atoms with Gasteiger partial charge in [-0.2, -0.15) is 0 Å². The van der Waals surface area contributed by atoms with E-state index >= 15 is 0 Å². The molecular weight excluding hydrogens is 194 g/mol. The minimum atomic E-state index is 0.160. The zero-order valence-corrected chi connectivity index (χ0v) is 9.06. The van der Waals surface area contributed by atoms with Crippen molar-refractivity contribution in [3.05, 3.63) is 34.3 Å². The van der Waals surface area contributed by atoms with E-state index in [0.717, 1.165) is 24.3 Å². The van der Waals surface area contributed by atoms with Crippen LogP contribution in [-0.2, 0) is 5.41 Å². The molecule has 1 aromatic carbocycles. The lowest BCUT2D eigenvalue weighted by molar-refractivity contribution is -0.0589. The Kier molecular flexibility index (Phi) is 1.46. The average molecular weight is 208 g/mol.